The summed E-state index contributed by atoms with van der Waals surface area (Å²) in [4.78, 5) is 12.2. The Kier molecular flexibility index (Phi) is 9.93. The minimum Gasteiger partial charge on any atom is -0.494 e. The summed E-state index contributed by atoms with van der Waals surface area (Å²) in [5.41, 5.74) is 1.42. The van der Waals surface area contributed by atoms with Crippen molar-refractivity contribution in [3.05, 3.63) is 58.1 Å². The highest BCUT2D eigenvalue weighted by atomic mass is 35.5. The number of nitrogens with one attached hydrogen (secondary N) is 1. The molecule has 0 aliphatic rings. The van der Waals surface area contributed by atoms with Crippen molar-refractivity contribution in [2.75, 3.05) is 30.3 Å². The van der Waals surface area contributed by atoms with Crippen molar-refractivity contribution in [1.29, 1.82) is 0 Å². The highest BCUT2D eigenvalue weighted by Crippen LogP contribution is 2.30. The van der Waals surface area contributed by atoms with Gasteiger partial charge in [0.1, 0.15) is 5.75 Å². The molecule has 0 saturated heterocycles. The first-order valence-corrected chi connectivity index (χ1v) is 12.7. The average Bonchev–Trinajstić information content (AvgIpc) is 2.71. The SMILES string of the molecule is CCOc1ccccc1CCCNC(=O)CCCN(c1cc(Cl)ccc1Cl)S(C)(=O)=O. The zero-order valence-electron chi connectivity index (χ0n) is 17.7. The van der Waals surface area contributed by atoms with Gasteiger partial charge in [-0.1, -0.05) is 41.4 Å². The van der Waals surface area contributed by atoms with Crippen molar-refractivity contribution in [3.8, 4) is 5.75 Å². The number of rotatable bonds is 12. The van der Waals surface area contributed by atoms with E-state index in [9.17, 15) is 13.2 Å². The average molecular weight is 487 g/mol. The normalized spacial score (nSPS) is 11.2. The summed E-state index contributed by atoms with van der Waals surface area (Å²) >= 11 is 12.1. The van der Waals surface area contributed by atoms with Crippen molar-refractivity contribution in [1.82, 2.24) is 5.32 Å². The second-order valence-electron chi connectivity index (χ2n) is 7.03. The molecule has 9 heteroatoms. The van der Waals surface area contributed by atoms with Crippen molar-refractivity contribution in [3.63, 3.8) is 0 Å². The summed E-state index contributed by atoms with van der Waals surface area (Å²) in [6, 6.07) is 12.5. The Bertz CT molecular complexity index is 983. The van der Waals surface area contributed by atoms with Crippen molar-refractivity contribution < 1.29 is 17.9 Å². The number of amides is 1. The van der Waals surface area contributed by atoms with Crippen LogP contribution in [-0.2, 0) is 21.2 Å². The summed E-state index contributed by atoms with van der Waals surface area (Å²) in [6.45, 7) is 3.23. The number of carbonyl (C=O) groups excluding carboxylic acids is 1. The number of hydrogen-bond donors (Lipinski definition) is 1. The fourth-order valence-corrected chi connectivity index (χ4v) is 4.53. The van der Waals surface area contributed by atoms with E-state index in [2.05, 4.69) is 5.32 Å². The van der Waals surface area contributed by atoms with Gasteiger partial charge in [0.25, 0.3) is 0 Å². The lowest BCUT2D eigenvalue weighted by Crippen LogP contribution is -2.32. The van der Waals surface area contributed by atoms with E-state index in [0.717, 1.165) is 30.4 Å². The maximum Gasteiger partial charge on any atom is 0.232 e. The Hall–Kier alpha value is -1.96. The molecule has 2 aromatic carbocycles. The molecule has 0 aromatic heterocycles. The number of sulfonamides is 1. The van der Waals surface area contributed by atoms with Gasteiger partial charge in [-0.25, -0.2) is 8.42 Å². The molecule has 0 atom stereocenters. The molecule has 0 aliphatic carbocycles. The van der Waals surface area contributed by atoms with Crippen molar-refractivity contribution in [2.45, 2.75) is 32.6 Å². The lowest BCUT2D eigenvalue weighted by atomic mass is 10.1. The molecule has 170 valence electrons. The van der Waals surface area contributed by atoms with E-state index in [1.54, 1.807) is 12.1 Å². The maximum atomic E-state index is 12.2. The van der Waals surface area contributed by atoms with Gasteiger partial charge in [-0.05, 0) is 56.0 Å². The van der Waals surface area contributed by atoms with E-state index in [-0.39, 0.29) is 23.9 Å². The summed E-state index contributed by atoms with van der Waals surface area (Å²) in [6.07, 6.45) is 3.24. The van der Waals surface area contributed by atoms with Gasteiger partial charge < -0.3 is 10.1 Å². The van der Waals surface area contributed by atoms with E-state index in [1.165, 1.54) is 10.4 Å². The molecule has 0 saturated carbocycles. The van der Waals surface area contributed by atoms with Gasteiger partial charge in [-0.2, -0.15) is 0 Å². The number of nitrogens with zero attached hydrogens (tertiary/aromatic N) is 1. The highest BCUT2D eigenvalue weighted by Gasteiger charge is 2.20. The molecule has 0 heterocycles. The molecule has 2 rings (SSSR count). The third-order valence-corrected chi connectivity index (χ3v) is 6.29. The smallest absolute Gasteiger partial charge is 0.232 e. The van der Waals surface area contributed by atoms with Crippen molar-refractivity contribution >= 4 is 44.8 Å². The predicted octanol–water partition coefficient (Wildman–Crippen LogP) is 4.69. The molecule has 0 bridgehead atoms. The minimum atomic E-state index is -3.57. The molecular weight excluding hydrogens is 459 g/mol. The fraction of sp³-hybridized carbons (Fsp3) is 0.409. The molecular formula is C22H28Cl2N2O4S. The van der Waals surface area contributed by atoms with Crippen LogP contribution in [0.15, 0.2) is 42.5 Å². The molecule has 0 fully saturated rings. The van der Waals surface area contributed by atoms with Crippen LogP contribution < -0.4 is 14.4 Å². The third kappa shape index (κ3) is 8.24. The quantitative estimate of drug-likeness (QED) is 0.441. The molecule has 31 heavy (non-hydrogen) atoms. The topological polar surface area (TPSA) is 75.7 Å². The first-order valence-electron chi connectivity index (χ1n) is 10.1. The van der Waals surface area contributed by atoms with Gasteiger partial charge in [0.2, 0.25) is 15.9 Å². The fourth-order valence-electron chi connectivity index (χ4n) is 3.13. The van der Waals surface area contributed by atoms with E-state index >= 15 is 0 Å². The summed E-state index contributed by atoms with van der Waals surface area (Å²) in [5.74, 6) is 0.751. The van der Waals surface area contributed by atoms with E-state index in [4.69, 9.17) is 27.9 Å². The van der Waals surface area contributed by atoms with E-state index in [1.807, 2.05) is 31.2 Å². The summed E-state index contributed by atoms with van der Waals surface area (Å²) in [5, 5.41) is 3.55. The Morgan fingerprint density at radius 1 is 1.13 bits per heavy atom. The number of ether oxygens (including phenoxy) is 1. The van der Waals surface area contributed by atoms with Crippen molar-refractivity contribution in [2.24, 2.45) is 0 Å². The Labute approximate surface area is 194 Å². The van der Waals surface area contributed by atoms with Crippen LogP contribution in [-0.4, -0.2) is 40.3 Å². The predicted molar refractivity (Wildman–Crippen MR) is 127 cm³/mol. The van der Waals surface area contributed by atoms with Gasteiger partial charge in [-0.15, -0.1) is 0 Å². The number of benzene rings is 2. The van der Waals surface area contributed by atoms with Crippen LogP contribution in [0.4, 0.5) is 5.69 Å². The molecule has 1 amide bonds. The molecule has 6 nitrogen and oxygen atoms in total. The van der Waals surface area contributed by atoms with Crippen LogP contribution >= 0.6 is 23.2 Å². The zero-order valence-corrected chi connectivity index (χ0v) is 20.1. The molecule has 0 unspecified atom stereocenters. The Balaban J connectivity index is 1.80. The molecule has 2 aromatic rings. The summed E-state index contributed by atoms with van der Waals surface area (Å²) < 4.78 is 31.2. The lowest BCUT2D eigenvalue weighted by molar-refractivity contribution is -0.121. The van der Waals surface area contributed by atoms with Crippen LogP contribution in [0.2, 0.25) is 10.0 Å². The van der Waals surface area contributed by atoms with E-state index in [0.29, 0.717) is 30.3 Å². The summed E-state index contributed by atoms with van der Waals surface area (Å²) in [7, 11) is -3.57. The number of aryl methyl sites for hydroxylation is 1. The second-order valence-corrected chi connectivity index (χ2v) is 9.78. The monoisotopic (exact) mass is 486 g/mol. The lowest BCUT2D eigenvalue weighted by Gasteiger charge is -2.23. The number of hydrogen-bond acceptors (Lipinski definition) is 4. The molecule has 0 aliphatic heterocycles. The van der Waals surface area contributed by atoms with Crippen LogP contribution in [0.25, 0.3) is 0 Å². The van der Waals surface area contributed by atoms with Crippen LogP contribution in [0.3, 0.4) is 0 Å². The van der Waals surface area contributed by atoms with Gasteiger partial charge in [0.05, 0.1) is 23.6 Å². The standard InChI is InChI=1S/C22H28Cl2N2O4S/c1-3-30-21-10-5-4-8-17(21)9-6-14-25-22(27)11-7-15-26(31(2,28)29)20-16-18(23)12-13-19(20)24/h4-5,8,10,12-13,16H,3,6-7,9,11,14-15H2,1-2H3,(H,25,27). The maximum absolute atomic E-state index is 12.2. The first-order chi connectivity index (χ1) is 14.7. The van der Waals surface area contributed by atoms with Crippen LogP contribution in [0.1, 0.15) is 31.7 Å². The number of carbonyl (C=O) groups is 1. The molecule has 0 radical (unpaired) electrons. The van der Waals surface area contributed by atoms with Gasteiger partial charge >= 0.3 is 0 Å². The van der Waals surface area contributed by atoms with E-state index < -0.39 is 10.0 Å². The van der Waals surface area contributed by atoms with Gasteiger partial charge in [-0.3, -0.25) is 9.10 Å². The minimum absolute atomic E-state index is 0.122. The van der Waals surface area contributed by atoms with Gasteiger partial charge in [0, 0.05) is 24.5 Å². The highest BCUT2D eigenvalue weighted by molar-refractivity contribution is 7.92. The number of para-hydroxylation sites is 1. The molecule has 0 spiro atoms. The van der Waals surface area contributed by atoms with Gasteiger partial charge in [0.15, 0.2) is 0 Å². The number of anilines is 1. The second kappa shape index (κ2) is 12.2. The third-order valence-electron chi connectivity index (χ3n) is 4.56. The number of halogens is 2. The largest absolute Gasteiger partial charge is 0.494 e. The van der Waals surface area contributed by atoms with Crippen LogP contribution in [0.5, 0.6) is 5.75 Å². The molecule has 1 N–H and O–H groups in total. The van der Waals surface area contributed by atoms with Crippen LogP contribution in [0, 0.1) is 0 Å². The Morgan fingerprint density at radius 2 is 1.87 bits per heavy atom. The Morgan fingerprint density at radius 3 is 2.58 bits per heavy atom. The zero-order chi connectivity index (χ0) is 22.9. The first kappa shape index (κ1) is 25.3.